The number of carbonyl (C=O) groups is 1. The van der Waals surface area contributed by atoms with E-state index in [-0.39, 0.29) is 22.5 Å². The molecule has 0 aliphatic heterocycles. The molecule has 3 aromatic rings. The van der Waals surface area contributed by atoms with Crippen LogP contribution in [0.2, 0.25) is 0 Å². The number of H-pyrrole nitrogens is 1. The molecular weight excluding hydrogens is 346 g/mol. The third-order valence-electron chi connectivity index (χ3n) is 4.68. The standard InChI is InChI=1S/C19H19N5O3/c1-3-24-16-15(18(26)23-19(24)27)12(8-13(21-16)11-5-6-11)17(25)22-14-7-4-10(2)9-20-14/h4,7-9,11H,3,5-6H2,1-2H3,(H,20,22,25)(H,23,26,27). The Morgan fingerprint density at radius 1 is 1.33 bits per heavy atom. The lowest BCUT2D eigenvalue weighted by molar-refractivity contribution is 0.102. The largest absolute Gasteiger partial charge is 0.329 e. The zero-order valence-electron chi connectivity index (χ0n) is 15.1. The van der Waals surface area contributed by atoms with Gasteiger partial charge >= 0.3 is 5.69 Å². The number of aromatic amines is 1. The van der Waals surface area contributed by atoms with E-state index in [0.717, 1.165) is 24.1 Å². The van der Waals surface area contributed by atoms with Gasteiger partial charge < -0.3 is 5.32 Å². The molecule has 0 spiro atoms. The predicted molar refractivity (Wildman–Crippen MR) is 101 cm³/mol. The summed E-state index contributed by atoms with van der Waals surface area (Å²) < 4.78 is 1.38. The Labute approximate surface area is 154 Å². The van der Waals surface area contributed by atoms with Crippen molar-refractivity contribution in [1.29, 1.82) is 0 Å². The summed E-state index contributed by atoms with van der Waals surface area (Å²) in [6.45, 7) is 4.04. The molecule has 3 aromatic heterocycles. The van der Waals surface area contributed by atoms with E-state index in [1.807, 2.05) is 13.0 Å². The Kier molecular flexibility index (Phi) is 4.10. The van der Waals surface area contributed by atoms with Crippen LogP contribution in [-0.4, -0.2) is 25.4 Å². The van der Waals surface area contributed by atoms with Crippen LogP contribution in [0.3, 0.4) is 0 Å². The lowest BCUT2D eigenvalue weighted by Gasteiger charge is -2.12. The summed E-state index contributed by atoms with van der Waals surface area (Å²) in [5.74, 6) is 0.203. The topological polar surface area (TPSA) is 110 Å². The number of rotatable bonds is 4. The molecule has 3 heterocycles. The van der Waals surface area contributed by atoms with E-state index >= 15 is 0 Å². The zero-order valence-corrected chi connectivity index (χ0v) is 15.1. The monoisotopic (exact) mass is 365 g/mol. The molecule has 1 aliphatic carbocycles. The van der Waals surface area contributed by atoms with E-state index in [0.29, 0.717) is 12.4 Å². The van der Waals surface area contributed by atoms with E-state index in [2.05, 4.69) is 20.3 Å². The van der Waals surface area contributed by atoms with Crippen LogP contribution in [0.5, 0.6) is 0 Å². The molecule has 4 rings (SSSR count). The molecule has 1 amide bonds. The first-order valence-corrected chi connectivity index (χ1v) is 8.89. The molecule has 0 unspecified atom stereocenters. The fourth-order valence-corrected chi connectivity index (χ4v) is 3.08. The molecule has 8 heteroatoms. The van der Waals surface area contributed by atoms with Crippen LogP contribution in [0.1, 0.15) is 47.3 Å². The summed E-state index contributed by atoms with van der Waals surface area (Å²) in [7, 11) is 0. The van der Waals surface area contributed by atoms with E-state index in [9.17, 15) is 14.4 Å². The number of hydrogen-bond donors (Lipinski definition) is 2. The normalized spacial score (nSPS) is 13.7. The minimum absolute atomic E-state index is 0.116. The molecule has 0 radical (unpaired) electrons. The van der Waals surface area contributed by atoms with Crippen molar-refractivity contribution in [1.82, 2.24) is 19.5 Å². The van der Waals surface area contributed by atoms with Gasteiger partial charge in [0, 0.05) is 24.4 Å². The first kappa shape index (κ1) is 17.1. The average Bonchev–Trinajstić information content (AvgIpc) is 3.48. The average molecular weight is 365 g/mol. The number of hydrogen-bond acceptors (Lipinski definition) is 5. The summed E-state index contributed by atoms with van der Waals surface area (Å²) in [5, 5.41) is 2.84. The first-order valence-electron chi connectivity index (χ1n) is 8.89. The van der Waals surface area contributed by atoms with Crippen molar-refractivity contribution < 1.29 is 4.79 Å². The van der Waals surface area contributed by atoms with Gasteiger partial charge in [0.1, 0.15) is 5.82 Å². The summed E-state index contributed by atoms with van der Waals surface area (Å²) in [4.78, 5) is 48.5. The minimum atomic E-state index is -0.614. The van der Waals surface area contributed by atoms with Crippen molar-refractivity contribution >= 4 is 22.8 Å². The third kappa shape index (κ3) is 3.14. The Balaban J connectivity index is 1.90. The highest BCUT2D eigenvalue weighted by Gasteiger charge is 2.28. The van der Waals surface area contributed by atoms with Crippen molar-refractivity contribution in [2.24, 2.45) is 0 Å². The maximum atomic E-state index is 12.9. The summed E-state index contributed by atoms with van der Waals surface area (Å²) >= 11 is 0. The molecule has 0 aromatic carbocycles. The van der Waals surface area contributed by atoms with E-state index in [1.165, 1.54) is 4.57 Å². The molecule has 0 atom stereocenters. The Bertz CT molecular complexity index is 1160. The maximum absolute atomic E-state index is 12.9. The number of nitrogens with zero attached hydrogens (tertiary/aromatic N) is 3. The van der Waals surface area contributed by atoms with Gasteiger partial charge in [-0.3, -0.25) is 19.1 Å². The van der Waals surface area contributed by atoms with Crippen LogP contribution < -0.4 is 16.6 Å². The van der Waals surface area contributed by atoms with Crippen molar-refractivity contribution in [3.8, 4) is 0 Å². The third-order valence-corrected chi connectivity index (χ3v) is 4.68. The van der Waals surface area contributed by atoms with Crippen molar-refractivity contribution in [2.45, 2.75) is 39.2 Å². The number of anilines is 1. The van der Waals surface area contributed by atoms with Gasteiger partial charge in [0.15, 0.2) is 5.65 Å². The SMILES string of the molecule is CCn1c(=O)[nH]c(=O)c2c(C(=O)Nc3ccc(C)cn3)cc(C3CC3)nc21. The second kappa shape index (κ2) is 6.46. The summed E-state index contributed by atoms with van der Waals surface area (Å²) in [6.07, 6.45) is 3.62. The first-order chi connectivity index (χ1) is 13.0. The highest BCUT2D eigenvalue weighted by molar-refractivity contribution is 6.11. The van der Waals surface area contributed by atoms with E-state index < -0.39 is 17.2 Å². The second-order valence-corrected chi connectivity index (χ2v) is 6.75. The smallest absolute Gasteiger partial charge is 0.307 e. The fraction of sp³-hybridized carbons (Fsp3) is 0.316. The maximum Gasteiger partial charge on any atom is 0.329 e. The molecule has 1 fully saturated rings. The number of amides is 1. The Morgan fingerprint density at radius 2 is 2.11 bits per heavy atom. The lowest BCUT2D eigenvalue weighted by Crippen LogP contribution is -2.32. The van der Waals surface area contributed by atoms with Gasteiger partial charge in [-0.1, -0.05) is 6.07 Å². The van der Waals surface area contributed by atoms with Gasteiger partial charge in [0.25, 0.3) is 11.5 Å². The van der Waals surface area contributed by atoms with Crippen molar-refractivity contribution in [2.75, 3.05) is 5.32 Å². The van der Waals surface area contributed by atoms with Crippen LogP contribution in [0.25, 0.3) is 11.0 Å². The Hall–Kier alpha value is -3.29. The molecule has 1 aliphatic rings. The van der Waals surface area contributed by atoms with Gasteiger partial charge in [-0.2, -0.15) is 0 Å². The van der Waals surface area contributed by atoms with E-state index in [1.54, 1.807) is 25.3 Å². The number of pyridine rings is 2. The molecule has 2 N–H and O–H groups in total. The van der Waals surface area contributed by atoms with Crippen molar-refractivity contribution in [3.05, 3.63) is 62.1 Å². The molecular formula is C19H19N5O3. The van der Waals surface area contributed by atoms with Gasteiger partial charge in [-0.15, -0.1) is 0 Å². The number of fused-ring (bicyclic) bond motifs is 1. The number of carbonyl (C=O) groups excluding carboxylic acids is 1. The van der Waals surface area contributed by atoms with Gasteiger partial charge in [-0.25, -0.2) is 14.8 Å². The molecule has 1 saturated carbocycles. The summed E-state index contributed by atoms with van der Waals surface area (Å²) in [6, 6.07) is 5.19. The summed E-state index contributed by atoms with van der Waals surface area (Å²) in [5.41, 5.74) is 1.02. The molecule has 138 valence electrons. The molecule has 0 saturated heterocycles. The number of aryl methyl sites for hydroxylation is 2. The molecule has 0 bridgehead atoms. The van der Waals surface area contributed by atoms with E-state index in [4.69, 9.17) is 0 Å². The quantitative estimate of drug-likeness (QED) is 0.734. The predicted octanol–water partition coefficient (Wildman–Crippen LogP) is 1.94. The van der Waals surface area contributed by atoms with Crippen LogP contribution >= 0.6 is 0 Å². The fourth-order valence-electron chi connectivity index (χ4n) is 3.08. The van der Waals surface area contributed by atoms with Gasteiger partial charge in [-0.05, 0) is 44.4 Å². The highest BCUT2D eigenvalue weighted by Crippen LogP contribution is 2.39. The zero-order chi connectivity index (χ0) is 19.1. The van der Waals surface area contributed by atoms with Crippen LogP contribution in [-0.2, 0) is 6.54 Å². The number of aromatic nitrogens is 4. The second-order valence-electron chi connectivity index (χ2n) is 6.75. The number of nitrogens with one attached hydrogen (secondary N) is 2. The van der Waals surface area contributed by atoms with Crippen LogP contribution in [0.15, 0.2) is 34.0 Å². The lowest BCUT2D eigenvalue weighted by atomic mass is 10.1. The highest BCUT2D eigenvalue weighted by atomic mass is 16.2. The van der Waals surface area contributed by atoms with Crippen LogP contribution in [0, 0.1) is 6.92 Å². The van der Waals surface area contributed by atoms with Gasteiger partial charge in [0.2, 0.25) is 0 Å². The van der Waals surface area contributed by atoms with Crippen molar-refractivity contribution in [3.63, 3.8) is 0 Å². The van der Waals surface area contributed by atoms with Crippen LogP contribution in [0.4, 0.5) is 5.82 Å². The minimum Gasteiger partial charge on any atom is -0.307 e. The molecule has 27 heavy (non-hydrogen) atoms. The Morgan fingerprint density at radius 3 is 2.74 bits per heavy atom. The van der Waals surface area contributed by atoms with Gasteiger partial charge in [0.05, 0.1) is 10.9 Å². The molecule has 8 nitrogen and oxygen atoms in total.